The van der Waals surface area contributed by atoms with Gasteiger partial charge in [0.2, 0.25) is 0 Å². The second kappa shape index (κ2) is 8.49. The Morgan fingerprint density at radius 2 is 1.46 bits per heavy atom. The summed E-state index contributed by atoms with van der Waals surface area (Å²) in [5, 5.41) is 15.8. The molecule has 0 aliphatic heterocycles. The van der Waals surface area contributed by atoms with Crippen molar-refractivity contribution in [2.75, 3.05) is 11.5 Å². The predicted octanol–water partition coefficient (Wildman–Crippen LogP) is 1.73. The number of nitrogens with two attached hydrogens (primary N) is 2. The van der Waals surface area contributed by atoms with Crippen molar-refractivity contribution < 1.29 is 38.9 Å². The smallest absolute Gasteiger partial charge is 0.296 e. The van der Waals surface area contributed by atoms with Gasteiger partial charge in [-0.05, 0) is 36.6 Å². The van der Waals surface area contributed by atoms with Gasteiger partial charge < -0.3 is 11.5 Å². The van der Waals surface area contributed by atoms with Gasteiger partial charge in [0.1, 0.15) is 33.1 Å². The molecular weight excluding hydrogens is 528 g/mol. The lowest BCUT2D eigenvalue weighted by Gasteiger charge is -2.11. The molecule has 184 valence electrons. The van der Waals surface area contributed by atoms with Crippen LogP contribution in [0.4, 0.5) is 23.0 Å². The van der Waals surface area contributed by atoms with E-state index in [0.717, 1.165) is 6.07 Å². The van der Waals surface area contributed by atoms with Crippen LogP contribution in [0.1, 0.15) is 11.1 Å². The average Bonchev–Trinajstić information content (AvgIpc) is 2.70. The maximum atomic E-state index is 12.0. The van der Waals surface area contributed by atoms with Crippen LogP contribution in [0, 0.1) is 18.3 Å². The Morgan fingerprint density at radius 3 is 1.97 bits per heavy atom. The first-order valence-electron chi connectivity index (χ1n) is 8.86. The minimum atomic E-state index is -5.11. The standard InChI is InChI=1S/C17H14N6O9S3/c1-7-11(6-18)16(19)21-17(20)15(7)23-22-12-5-10-8(3-14(12)35(30,31)32)2-9(33(24,25)26)4-13(10)34(27,28)29/h2-5H,1H3,(H4,19,20,21)(H,24,25,26)(H,27,28,29)(H,30,31,32)/b23-22+. The fourth-order valence-corrected chi connectivity index (χ4v) is 5.07. The van der Waals surface area contributed by atoms with Crippen LogP contribution in [0.25, 0.3) is 10.8 Å². The fourth-order valence-electron chi connectivity index (χ4n) is 3.08. The van der Waals surface area contributed by atoms with Gasteiger partial charge in [-0.1, -0.05) is 0 Å². The highest BCUT2D eigenvalue weighted by atomic mass is 32.2. The van der Waals surface area contributed by atoms with Crippen molar-refractivity contribution in [1.29, 1.82) is 5.26 Å². The molecule has 0 aliphatic rings. The van der Waals surface area contributed by atoms with Crippen molar-refractivity contribution in [1.82, 2.24) is 4.98 Å². The molecule has 0 aliphatic carbocycles. The molecule has 18 heteroatoms. The number of hydrogen-bond donors (Lipinski definition) is 5. The molecule has 3 rings (SSSR count). The fraction of sp³-hybridized carbons (Fsp3) is 0.0588. The van der Waals surface area contributed by atoms with Crippen LogP contribution in [0.2, 0.25) is 0 Å². The lowest BCUT2D eigenvalue weighted by molar-refractivity contribution is 0.480. The Kier molecular flexibility index (Phi) is 6.28. The van der Waals surface area contributed by atoms with E-state index in [1.807, 2.05) is 0 Å². The highest BCUT2D eigenvalue weighted by Gasteiger charge is 2.25. The number of pyridine rings is 1. The van der Waals surface area contributed by atoms with Gasteiger partial charge in [-0.2, -0.15) is 30.5 Å². The molecule has 0 amide bonds. The molecule has 0 spiro atoms. The Hall–Kier alpha value is -3.73. The summed E-state index contributed by atoms with van der Waals surface area (Å²) >= 11 is 0. The number of anilines is 2. The van der Waals surface area contributed by atoms with Gasteiger partial charge in [0.05, 0.1) is 10.5 Å². The van der Waals surface area contributed by atoms with E-state index < -0.39 is 61.5 Å². The summed E-state index contributed by atoms with van der Waals surface area (Å²) in [6.07, 6.45) is 0. The molecule has 3 aromatic rings. The number of nitrogen functional groups attached to an aromatic ring is 2. The molecule has 15 nitrogen and oxygen atoms in total. The molecule has 7 N–H and O–H groups in total. The second-order valence-electron chi connectivity index (χ2n) is 6.93. The minimum absolute atomic E-state index is 0.0898. The molecule has 2 aromatic carbocycles. The third kappa shape index (κ3) is 5.04. The van der Waals surface area contributed by atoms with Crippen LogP contribution in [0.5, 0.6) is 0 Å². The second-order valence-corrected chi connectivity index (χ2v) is 11.1. The molecular formula is C17H14N6O9S3. The molecule has 1 heterocycles. The minimum Gasteiger partial charge on any atom is -0.383 e. The maximum absolute atomic E-state index is 12.0. The van der Waals surface area contributed by atoms with E-state index in [2.05, 4.69) is 15.2 Å². The van der Waals surface area contributed by atoms with Gasteiger partial charge in [-0.15, -0.1) is 10.2 Å². The number of azo groups is 1. The maximum Gasteiger partial charge on any atom is 0.296 e. The summed E-state index contributed by atoms with van der Waals surface area (Å²) in [5.74, 6) is -0.480. The summed E-state index contributed by atoms with van der Waals surface area (Å²) in [6, 6.07) is 4.36. The topological polar surface area (TPSA) is 277 Å². The van der Waals surface area contributed by atoms with Gasteiger partial charge >= 0.3 is 0 Å². The lowest BCUT2D eigenvalue weighted by atomic mass is 10.1. The highest BCUT2D eigenvalue weighted by molar-refractivity contribution is 7.87. The average molecular weight is 543 g/mol. The first kappa shape index (κ1) is 25.9. The number of nitriles is 1. The van der Waals surface area contributed by atoms with Crippen LogP contribution in [0.15, 0.2) is 49.2 Å². The SMILES string of the molecule is Cc1c(C#N)c(N)nc(N)c1/N=N/c1cc2c(S(=O)(=O)O)cc(S(=O)(=O)O)cc2cc1S(=O)(=O)O. The molecule has 0 saturated heterocycles. The van der Waals surface area contributed by atoms with Crippen LogP contribution in [-0.4, -0.2) is 43.9 Å². The van der Waals surface area contributed by atoms with E-state index in [1.165, 1.54) is 6.92 Å². The Bertz CT molecular complexity index is 1810. The first-order valence-corrected chi connectivity index (χ1v) is 13.2. The van der Waals surface area contributed by atoms with E-state index >= 15 is 0 Å². The van der Waals surface area contributed by atoms with E-state index in [4.69, 9.17) is 11.5 Å². The number of nitrogens with zero attached hydrogens (tertiary/aromatic N) is 4. The predicted molar refractivity (Wildman–Crippen MR) is 120 cm³/mol. The van der Waals surface area contributed by atoms with E-state index in [0.29, 0.717) is 18.2 Å². The van der Waals surface area contributed by atoms with Gasteiger partial charge in [-0.3, -0.25) is 13.7 Å². The van der Waals surface area contributed by atoms with Gasteiger partial charge in [-0.25, -0.2) is 4.98 Å². The number of fused-ring (bicyclic) bond motifs is 1. The highest BCUT2D eigenvalue weighted by Crippen LogP contribution is 2.37. The van der Waals surface area contributed by atoms with E-state index in [1.54, 1.807) is 6.07 Å². The number of rotatable bonds is 5. The summed E-state index contributed by atoms with van der Waals surface area (Å²) in [5.41, 5.74) is 10.6. The number of aromatic nitrogens is 1. The molecule has 35 heavy (non-hydrogen) atoms. The Labute approximate surface area is 198 Å². The quantitative estimate of drug-likeness (QED) is 0.227. The monoisotopic (exact) mass is 542 g/mol. The zero-order valence-electron chi connectivity index (χ0n) is 17.3. The largest absolute Gasteiger partial charge is 0.383 e. The first-order chi connectivity index (χ1) is 15.9. The molecule has 0 fully saturated rings. The number of hydrogen-bond acceptors (Lipinski definition) is 12. The van der Waals surface area contributed by atoms with E-state index in [9.17, 15) is 44.2 Å². The normalized spacial score (nSPS) is 12.8. The van der Waals surface area contributed by atoms with Crippen molar-refractivity contribution in [3.05, 3.63) is 35.4 Å². The molecule has 0 bridgehead atoms. The van der Waals surface area contributed by atoms with Crippen molar-refractivity contribution >= 4 is 64.1 Å². The Morgan fingerprint density at radius 1 is 0.857 bits per heavy atom. The van der Waals surface area contributed by atoms with Crippen molar-refractivity contribution in [2.45, 2.75) is 21.6 Å². The summed E-state index contributed by atoms with van der Waals surface area (Å²) in [6.45, 7) is 1.40. The Balaban J connectivity index is 2.42. The summed E-state index contributed by atoms with van der Waals surface area (Å²) < 4.78 is 99.3. The van der Waals surface area contributed by atoms with E-state index in [-0.39, 0.29) is 28.5 Å². The zero-order valence-corrected chi connectivity index (χ0v) is 19.7. The molecule has 1 aromatic heterocycles. The van der Waals surface area contributed by atoms with Crippen LogP contribution < -0.4 is 11.5 Å². The molecule has 0 radical (unpaired) electrons. The lowest BCUT2D eigenvalue weighted by Crippen LogP contribution is -2.05. The molecule has 0 saturated carbocycles. The van der Waals surface area contributed by atoms with Crippen molar-refractivity contribution in [3.63, 3.8) is 0 Å². The van der Waals surface area contributed by atoms with Crippen LogP contribution >= 0.6 is 0 Å². The van der Waals surface area contributed by atoms with Gasteiger partial charge in [0.25, 0.3) is 30.4 Å². The third-order valence-electron chi connectivity index (χ3n) is 4.66. The third-order valence-corrected chi connectivity index (χ3v) is 7.27. The molecule has 0 atom stereocenters. The van der Waals surface area contributed by atoms with Crippen molar-refractivity contribution in [3.8, 4) is 6.07 Å². The summed E-state index contributed by atoms with van der Waals surface area (Å²) in [7, 11) is -15.2. The van der Waals surface area contributed by atoms with Crippen LogP contribution in [-0.2, 0) is 30.4 Å². The zero-order chi connectivity index (χ0) is 26.5. The van der Waals surface area contributed by atoms with Crippen LogP contribution in [0.3, 0.4) is 0 Å². The summed E-state index contributed by atoms with van der Waals surface area (Å²) in [4.78, 5) is 0.800. The van der Waals surface area contributed by atoms with Gasteiger partial charge in [0.15, 0.2) is 5.82 Å². The number of benzene rings is 2. The van der Waals surface area contributed by atoms with Crippen molar-refractivity contribution in [2.24, 2.45) is 10.2 Å². The molecule has 0 unspecified atom stereocenters. The van der Waals surface area contributed by atoms with Gasteiger partial charge in [0, 0.05) is 10.9 Å².